The van der Waals surface area contributed by atoms with Crippen LogP contribution in [-0.2, 0) is 4.79 Å². The number of para-hydroxylation sites is 1. The molecule has 6 heteroatoms. The zero-order chi connectivity index (χ0) is 18.0. The van der Waals surface area contributed by atoms with Gasteiger partial charge in [-0.05, 0) is 37.3 Å². The number of pyridine rings is 1. The van der Waals surface area contributed by atoms with Crippen LogP contribution >= 0.6 is 11.6 Å². The number of fused-ring (bicyclic) bond motifs is 1. The van der Waals surface area contributed by atoms with E-state index in [2.05, 4.69) is 15.6 Å². The van der Waals surface area contributed by atoms with Gasteiger partial charge in [-0.2, -0.15) is 0 Å². The molecule has 5 nitrogen and oxygen atoms in total. The summed E-state index contributed by atoms with van der Waals surface area (Å²) in [4.78, 5) is 26.4. The average Bonchev–Trinajstić information content (AvgIpc) is 2.55. The molecule has 0 aliphatic rings. The van der Waals surface area contributed by atoms with Gasteiger partial charge in [-0.3, -0.25) is 9.59 Å². The first-order valence-corrected chi connectivity index (χ1v) is 8.27. The number of H-pyrrole nitrogens is 1. The minimum Gasteiger partial charge on any atom is -0.378 e. The highest BCUT2D eigenvalue weighted by atomic mass is 35.5. The smallest absolute Gasteiger partial charge is 0.253 e. The predicted molar refractivity (Wildman–Crippen MR) is 102 cm³/mol. The van der Waals surface area contributed by atoms with E-state index in [0.29, 0.717) is 21.8 Å². The summed E-state index contributed by atoms with van der Waals surface area (Å²) in [7, 11) is 0. The summed E-state index contributed by atoms with van der Waals surface area (Å²) in [6.45, 7) is 3.37. The Bertz CT molecular complexity index is 997. The number of halogens is 1. The monoisotopic (exact) mass is 355 g/mol. The lowest BCUT2D eigenvalue weighted by molar-refractivity contribution is -0.114. The van der Waals surface area contributed by atoms with Crippen molar-refractivity contribution in [3.63, 3.8) is 0 Å². The summed E-state index contributed by atoms with van der Waals surface area (Å²) in [6.07, 6.45) is 0. The Hall–Kier alpha value is -2.79. The number of hydrogen-bond acceptors (Lipinski definition) is 3. The molecule has 2 aromatic carbocycles. The van der Waals surface area contributed by atoms with Crippen LogP contribution in [-0.4, -0.2) is 10.9 Å². The number of aromatic amines is 1. The zero-order valence-corrected chi connectivity index (χ0v) is 14.6. The molecule has 3 aromatic rings. The van der Waals surface area contributed by atoms with Gasteiger partial charge in [0.05, 0.1) is 16.6 Å². The van der Waals surface area contributed by atoms with Crippen molar-refractivity contribution >= 4 is 39.8 Å². The quantitative estimate of drug-likeness (QED) is 0.652. The van der Waals surface area contributed by atoms with E-state index in [9.17, 15) is 9.59 Å². The maximum absolute atomic E-state index is 12.4. The molecule has 0 aliphatic heterocycles. The van der Waals surface area contributed by atoms with Crippen molar-refractivity contribution in [1.29, 1.82) is 0 Å². The number of benzene rings is 2. The third-order valence-corrected chi connectivity index (χ3v) is 4.21. The molecule has 0 unspecified atom stereocenters. The summed E-state index contributed by atoms with van der Waals surface area (Å²) < 4.78 is 0. The van der Waals surface area contributed by atoms with Crippen LogP contribution in [0, 0.1) is 0 Å². The molecule has 0 radical (unpaired) electrons. The Balaban J connectivity index is 1.90. The molecular weight excluding hydrogens is 338 g/mol. The SMILES string of the molecule is CC(=O)Nc1cccc(N[C@@H](C)c2cc3cccc(Cl)c3[nH]c2=O)c1. The number of rotatable bonds is 4. The molecule has 128 valence electrons. The molecular formula is C19H18ClN3O2. The van der Waals surface area contributed by atoms with Gasteiger partial charge in [-0.25, -0.2) is 0 Å². The van der Waals surface area contributed by atoms with Crippen molar-refractivity contribution < 1.29 is 4.79 Å². The van der Waals surface area contributed by atoms with Gasteiger partial charge < -0.3 is 15.6 Å². The fourth-order valence-corrected chi connectivity index (χ4v) is 2.98. The second-order valence-corrected chi connectivity index (χ2v) is 6.29. The lowest BCUT2D eigenvalue weighted by Gasteiger charge is -2.16. The van der Waals surface area contributed by atoms with E-state index < -0.39 is 0 Å². The molecule has 0 bridgehead atoms. The minimum atomic E-state index is -0.222. The number of aromatic nitrogens is 1. The third kappa shape index (κ3) is 3.83. The highest BCUT2D eigenvalue weighted by Gasteiger charge is 2.12. The maximum Gasteiger partial charge on any atom is 0.253 e. The molecule has 1 heterocycles. The summed E-state index contributed by atoms with van der Waals surface area (Å²) >= 11 is 6.13. The van der Waals surface area contributed by atoms with E-state index in [1.165, 1.54) is 6.92 Å². The van der Waals surface area contributed by atoms with Crippen LogP contribution < -0.4 is 16.2 Å². The predicted octanol–water partition coefficient (Wildman–Crippen LogP) is 4.31. The maximum atomic E-state index is 12.4. The van der Waals surface area contributed by atoms with Crippen molar-refractivity contribution in [2.24, 2.45) is 0 Å². The van der Waals surface area contributed by atoms with Gasteiger partial charge in [-0.15, -0.1) is 0 Å². The van der Waals surface area contributed by atoms with Crippen molar-refractivity contribution in [2.75, 3.05) is 10.6 Å². The number of hydrogen-bond donors (Lipinski definition) is 3. The summed E-state index contributed by atoms with van der Waals surface area (Å²) in [6, 6.07) is 14.5. The Kier molecular flexibility index (Phi) is 4.76. The Labute approximate surface area is 150 Å². The lowest BCUT2D eigenvalue weighted by Crippen LogP contribution is -2.19. The summed E-state index contributed by atoms with van der Waals surface area (Å²) in [5.41, 5.74) is 2.57. The summed E-state index contributed by atoms with van der Waals surface area (Å²) in [5.74, 6) is -0.131. The van der Waals surface area contributed by atoms with Gasteiger partial charge in [0.1, 0.15) is 0 Å². The van der Waals surface area contributed by atoms with Crippen LogP contribution in [0.2, 0.25) is 5.02 Å². The fourth-order valence-electron chi connectivity index (χ4n) is 2.75. The molecule has 0 spiro atoms. The molecule has 1 amide bonds. The van der Waals surface area contributed by atoms with E-state index >= 15 is 0 Å². The Morgan fingerprint density at radius 1 is 1.12 bits per heavy atom. The number of anilines is 2. The minimum absolute atomic E-state index is 0.131. The molecule has 3 rings (SSSR count). The lowest BCUT2D eigenvalue weighted by atomic mass is 10.1. The van der Waals surface area contributed by atoms with Crippen LogP contribution in [0.1, 0.15) is 25.5 Å². The molecule has 0 aliphatic carbocycles. The number of carbonyl (C=O) groups is 1. The molecule has 0 fully saturated rings. The van der Waals surface area contributed by atoms with Crippen LogP contribution in [0.25, 0.3) is 10.9 Å². The average molecular weight is 356 g/mol. The zero-order valence-electron chi connectivity index (χ0n) is 13.9. The van der Waals surface area contributed by atoms with Crippen molar-refractivity contribution in [2.45, 2.75) is 19.9 Å². The third-order valence-electron chi connectivity index (χ3n) is 3.89. The largest absolute Gasteiger partial charge is 0.378 e. The second-order valence-electron chi connectivity index (χ2n) is 5.89. The topological polar surface area (TPSA) is 74.0 Å². The molecule has 0 saturated heterocycles. The van der Waals surface area contributed by atoms with Gasteiger partial charge in [0.25, 0.3) is 5.56 Å². The van der Waals surface area contributed by atoms with Gasteiger partial charge in [-0.1, -0.05) is 29.8 Å². The van der Waals surface area contributed by atoms with Crippen LogP contribution in [0.3, 0.4) is 0 Å². The highest BCUT2D eigenvalue weighted by molar-refractivity contribution is 6.35. The van der Waals surface area contributed by atoms with E-state index in [4.69, 9.17) is 11.6 Å². The van der Waals surface area contributed by atoms with E-state index in [1.807, 2.05) is 49.4 Å². The van der Waals surface area contributed by atoms with E-state index in [0.717, 1.165) is 11.1 Å². The van der Waals surface area contributed by atoms with Gasteiger partial charge in [0, 0.05) is 29.2 Å². The van der Waals surface area contributed by atoms with Gasteiger partial charge >= 0.3 is 0 Å². The second kappa shape index (κ2) is 6.99. The molecule has 3 N–H and O–H groups in total. The first-order chi connectivity index (χ1) is 11.9. The first-order valence-electron chi connectivity index (χ1n) is 7.89. The normalized spacial score (nSPS) is 12.0. The number of amides is 1. The number of nitrogens with one attached hydrogen (secondary N) is 3. The molecule has 1 aromatic heterocycles. The van der Waals surface area contributed by atoms with Crippen LogP contribution in [0.4, 0.5) is 11.4 Å². The van der Waals surface area contributed by atoms with Crippen LogP contribution in [0.15, 0.2) is 53.3 Å². The van der Waals surface area contributed by atoms with Crippen molar-refractivity contribution in [3.8, 4) is 0 Å². The first kappa shape index (κ1) is 17.0. The van der Waals surface area contributed by atoms with Crippen molar-refractivity contribution in [1.82, 2.24) is 4.98 Å². The molecule has 1 atom stereocenters. The molecule has 0 saturated carbocycles. The van der Waals surface area contributed by atoms with Crippen LogP contribution in [0.5, 0.6) is 0 Å². The van der Waals surface area contributed by atoms with Crippen molar-refractivity contribution in [3.05, 3.63) is 69.5 Å². The summed E-state index contributed by atoms with van der Waals surface area (Å²) in [5, 5.41) is 7.42. The number of carbonyl (C=O) groups excluding carboxylic acids is 1. The van der Waals surface area contributed by atoms with E-state index in [1.54, 1.807) is 6.07 Å². The van der Waals surface area contributed by atoms with Gasteiger partial charge in [0.15, 0.2) is 0 Å². The molecule has 25 heavy (non-hydrogen) atoms. The Morgan fingerprint density at radius 2 is 1.84 bits per heavy atom. The van der Waals surface area contributed by atoms with Gasteiger partial charge in [0.2, 0.25) is 5.91 Å². The Morgan fingerprint density at radius 3 is 2.60 bits per heavy atom. The van der Waals surface area contributed by atoms with E-state index in [-0.39, 0.29) is 17.5 Å². The standard InChI is InChI=1S/C19H18ClN3O2/c1-11(21-14-6-4-7-15(10-14)22-12(2)24)16-9-13-5-3-8-17(20)18(13)23-19(16)25/h3-11,21H,1-2H3,(H,22,24)(H,23,25)/t11-/m0/s1. The highest BCUT2D eigenvalue weighted by Crippen LogP contribution is 2.24. The fraction of sp³-hybridized carbons (Fsp3) is 0.158.